The van der Waals surface area contributed by atoms with E-state index < -0.39 is 0 Å². The van der Waals surface area contributed by atoms with Gasteiger partial charge in [0.25, 0.3) is 0 Å². The summed E-state index contributed by atoms with van der Waals surface area (Å²) in [5, 5.41) is 0. The number of hydrogen-bond acceptors (Lipinski definition) is 2. The largest absolute Gasteiger partial charge is 0.371 e. The first-order valence-electron chi connectivity index (χ1n) is 8.22. The third kappa shape index (κ3) is 6.79. The maximum atomic E-state index is 6.33. The van der Waals surface area contributed by atoms with Crippen molar-refractivity contribution >= 4 is 34.4 Å². The smallest absolute Gasteiger partial charge is 0.0900 e. The molecular weight excluding hydrogens is 403 g/mol. The van der Waals surface area contributed by atoms with Crippen LogP contribution in [0.4, 0.5) is 0 Å². The minimum Gasteiger partial charge on any atom is -0.371 e. The molecule has 1 atom stereocenters. The molecule has 0 fully saturated rings. The molecule has 1 rings (SSSR count). The number of rotatable bonds is 9. The van der Waals surface area contributed by atoms with Crippen molar-refractivity contribution in [2.45, 2.75) is 64.7 Å². The Morgan fingerprint density at radius 3 is 2.23 bits per heavy atom. The van der Waals surface area contributed by atoms with E-state index in [2.05, 4.69) is 100 Å². The lowest BCUT2D eigenvalue weighted by Crippen LogP contribution is -2.28. The van der Waals surface area contributed by atoms with Gasteiger partial charge in [-0.15, -0.1) is 0 Å². The molecule has 0 saturated heterocycles. The lowest BCUT2D eigenvalue weighted by molar-refractivity contribution is -0.0422. The zero-order valence-electron chi connectivity index (χ0n) is 14.9. The topological polar surface area (TPSA) is 9.23 Å². The SMILES string of the molecule is CCC(C)(OCCC(C)(C)SCC(C)C)c1ccc(I)cc1. The molecule has 0 radical (unpaired) electrons. The van der Waals surface area contributed by atoms with Crippen LogP contribution in [0.5, 0.6) is 0 Å². The molecule has 126 valence electrons. The van der Waals surface area contributed by atoms with Crippen molar-refractivity contribution in [1.29, 1.82) is 0 Å². The van der Waals surface area contributed by atoms with Crippen molar-refractivity contribution in [2.24, 2.45) is 5.92 Å². The molecule has 0 aliphatic heterocycles. The van der Waals surface area contributed by atoms with Crippen LogP contribution >= 0.6 is 34.4 Å². The van der Waals surface area contributed by atoms with Gasteiger partial charge < -0.3 is 4.74 Å². The van der Waals surface area contributed by atoms with E-state index in [1.807, 2.05) is 0 Å². The molecule has 0 saturated carbocycles. The Bertz CT molecular complexity index is 441. The first-order chi connectivity index (χ1) is 10.2. The summed E-state index contributed by atoms with van der Waals surface area (Å²) < 4.78 is 7.88. The van der Waals surface area contributed by atoms with Crippen molar-refractivity contribution in [2.75, 3.05) is 12.4 Å². The van der Waals surface area contributed by atoms with Crippen LogP contribution in [0.15, 0.2) is 24.3 Å². The summed E-state index contributed by atoms with van der Waals surface area (Å²) in [6.07, 6.45) is 2.08. The second-order valence-corrected chi connectivity index (χ2v) is 10.1. The van der Waals surface area contributed by atoms with Crippen molar-refractivity contribution in [3.63, 3.8) is 0 Å². The van der Waals surface area contributed by atoms with Crippen molar-refractivity contribution in [1.82, 2.24) is 0 Å². The Balaban J connectivity index is 2.58. The van der Waals surface area contributed by atoms with Gasteiger partial charge in [0.2, 0.25) is 0 Å². The highest BCUT2D eigenvalue weighted by molar-refractivity contribution is 14.1. The fourth-order valence-electron chi connectivity index (χ4n) is 2.18. The van der Waals surface area contributed by atoms with Gasteiger partial charge in [-0.2, -0.15) is 11.8 Å². The van der Waals surface area contributed by atoms with Crippen LogP contribution in [0.1, 0.15) is 59.9 Å². The third-order valence-corrected chi connectivity index (χ3v) is 6.60. The summed E-state index contributed by atoms with van der Waals surface area (Å²) in [4.78, 5) is 0. The molecular formula is C19H31IOS. The van der Waals surface area contributed by atoms with Crippen LogP contribution < -0.4 is 0 Å². The van der Waals surface area contributed by atoms with Gasteiger partial charge in [-0.05, 0) is 71.7 Å². The van der Waals surface area contributed by atoms with E-state index in [0.717, 1.165) is 25.4 Å². The molecule has 0 aliphatic carbocycles. The van der Waals surface area contributed by atoms with Crippen LogP contribution in [0.2, 0.25) is 0 Å². The van der Waals surface area contributed by atoms with Gasteiger partial charge in [0.05, 0.1) is 5.60 Å². The molecule has 1 nitrogen and oxygen atoms in total. The molecule has 0 heterocycles. The molecule has 1 unspecified atom stereocenters. The monoisotopic (exact) mass is 434 g/mol. The Hall–Kier alpha value is 0.260. The Kier molecular flexibility index (Phi) is 8.24. The normalized spacial score (nSPS) is 15.1. The number of thioether (sulfide) groups is 1. The Morgan fingerprint density at radius 1 is 1.14 bits per heavy atom. The quantitative estimate of drug-likeness (QED) is 0.411. The predicted octanol–water partition coefficient (Wildman–Crippen LogP) is 6.49. The molecule has 0 aromatic heterocycles. The number of hydrogen-bond donors (Lipinski definition) is 0. The zero-order valence-corrected chi connectivity index (χ0v) is 17.9. The highest BCUT2D eigenvalue weighted by Gasteiger charge is 2.27. The minimum absolute atomic E-state index is 0.177. The van der Waals surface area contributed by atoms with E-state index >= 15 is 0 Å². The molecule has 0 amide bonds. The fourth-order valence-corrected chi connectivity index (χ4v) is 3.55. The van der Waals surface area contributed by atoms with Crippen LogP contribution in [0, 0.1) is 9.49 Å². The van der Waals surface area contributed by atoms with Gasteiger partial charge in [0, 0.05) is 14.9 Å². The molecule has 22 heavy (non-hydrogen) atoms. The predicted molar refractivity (Wildman–Crippen MR) is 109 cm³/mol. The van der Waals surface area contributed by atoms with Crippen LogP contribution in [0.25, 0.3) is 0 Å². The van der Waals surface area contributed by atoms with Gasteiger partial charge in [0.1, 0.15) is 0 Å². The van der Waals surface area contributed by atoms with Gasteiger partial charge in [-0.1, -0.05) is 46.8 Å². The maximum absolute atomic E-state index is 6.33. The van der Waals surface area contributed by atoms with Crippen molar-refractivity contribution in [3.05, 3.63) is 33.4 Å². The van der Waals surface area contributed by atoms with Gasteiger partial charge in [-0.3, -0.25) is 0 Å². The average Bonchev–Trinajstić information content (AvgIpc) is 2.45. The number of benzene rings is 1. The lowest BCUT2D eigenvalue weighted by Gasteiger charge is -2.32. The summed E-state index contributed by atoms with van der Waals surface area (Å²) in [6.45, 7) is 14.5. The molecule has 0 bridgehead atoms. The average molecular weight is 434 g/mol. The van der Waals surface area contributed by atoms with E-state index in [9.17, 15) is 0 Å². The summed E-state index contributed by atoms with van der Waals surface area (Å²) in [5.41, 5.74) is 1.10. The summed E-state index contributed by atoms with van der Waals surface area (Å²) in [5.74, 6) is 1.97. The van der Waals surface area contributed by atoms with Crippen molar-refractivity contribution < 1.29 is 4.74 Å². The molecule has 0 N–H and O–H groups in total. The van der Waals surface area contributed by atoms with Gasteiger partial charge >= 0.3 is 0 Å². The molecule has 0 aliphatic rings. The number of halogens is 1. The minimum atomic E-state index is -0.177. The van der Waals surface area contributed by atoms with E-state index in [1.54, 1.807) is 0 Å². The summed E-state index contributed by atoms with van der Waals surface area (Å²) >= 11 is 4.41. The van der Waals surface area contributed by atoms with E-state index in [-0.39, 0.29) is 10.3 Å². The first-order valence-corrected chi connectivity index (χ1v) is 10.3. The standard InChI is InChI=1S/C19H31IOS/c1-7-19(6,16-8-10-17(20)11-9-16)21-13-12-18(4,5)22-14-15(2)3/h8-11,15H,7,12-14H2,1-6H3. The van der Waals surface area contributed by atoms with Crippen LogP contribution in [0.3, 0.4) is 0 Å². The highest BCUT2D eigenvalue weighted by atomic mass is 127. The van der Waals surface area contributed by atoms with Crippen LogP contribution in [-0.2, 0) is 10.3 Å². The maximum Gasteiger partial charge on any atom is 0.0900 e. The van der Waals surface area contributed by atoms with E-state index in [0.29, 0.717) is 0 Å². The van der Waals surface area contributed by atoms with Crippen LogP contribution in [-0.4, -0.2) is 17.1 Å². The third-order valence-electron chi connectivity index (χ3n) is 4.06. The first kappa shape index (κ1) is 20.3. The van der Waals surface area contributed by atoms with E-state index in [4.69, 9.17) is 4.74 Å². The zero-order chi connectivity index (χ0) is 16.8. The Morgan fingerprint density at radius 2 is 1.73 bits per heavy atom. The number of ether oxygens (including phenoxy) is 1. The molecule has 0 spiro atoms. The lowest BCUT2D eigenvalue weighted by atomic mass is 9.93. The second kappa shape index (κ2) is 8.93. The van der Waals surface area contributed by atoms with Gasteiger partial charge in [-0.25, -0.2) is 0 Å². The second-order valence-electron chi connectivity index (χ2n) is 7.15. The fraction of sp³-hybridized carbons (Fsp3) is 0.684. The molecule has 1 aromatic carbocycles. The highest BCUT2D eigenvalue weighted by Crippen LogP contribution is 2.33. The molecule has 1 aromatic rings. The molecule has 3 heteroatoms. The summed E-state index contributed by atoms with van der Waals surface area (Å²) in [7, 11) is 0. The Labute approximate surface area is 155 Å². The summed E-state index contributed by atoms with van der Waals surface area (Å²) in [6, 6.07) is 8.72. The van der Waals surface area contributed by atoms with E-state index in [1.165, 1.54) is 14.9 Å². The van der Waals surface area contributed by atoms with Crippen molar-refractivity contribution in [3.8, 4) is 0 Å². The van der Waals surface area contributed by atoms with Gasteiger partial charge in [0.15, 0.2) is 0 Å².